The van der Waals surface area contributed by atoms with Gasteiger partial charge in [-0.2, -0.15) is 0 Å². The fraction of sp³-hybridized carbons (Fsp3) is 0.300. The molecular weight excluding hydrogens is 196 g/mol. The zero-order chi connectivity index (χ0) is 9.97. The molecule has 2 aromatic heterocycles. The Balaban J connectivity index is 2.29. The van der Waals surface area contributed by atoms with Crippen LogP contribution >= 0.6 is 11.3 Å². The van der Waals surface area contributed by atoms with Gasteiger partial charge >= 0.3 is 0 Å². The van der Waals surface area contributed by atoms with E-state index in [-0.39, 0.29) is 0 Å². The number of hydrogen-bond donors (Lipinski definition) is 1. The number of hydrogen-bond acceptors (Lipinski definition) is 4. The van der Waals surface area contributed by atoms with Gasteiger partial charge in [-0.15, -0.1) is 11.3 Å². The molecule has 74 valence electrons. The van der Waals surface area contributed by atoms with E-state index in [4.69, 9.17) is 4.42 Å². The monoisotopic (exact) mass is 208 g/mol. The largest absolute Gasteiger partial charge is 0.462 e. The molecule has 1 N–H and O–H groups in total. The molecule has 0 aromatic carbocycles. The van der Waals surface area contributed by atoms with E-state index in [0.29, 0.717) is 0 Å². The van der Waals surface area contributed by atoms with E-state index in [1.807, 2.05) is 25.4 Å². The van der Waals surface area contributed by atoms with Crippen LogP contribution in [0.25, 0.3) is 10.8 Å². The molecule has 0 aliphatic carbocycles. The molecule has 0 aliphatic heterocycles. The Kier molecular flexibility index (Phi) is 2.65. The maximum absolute atomic E-state index is 5.37. The second kappa shape index (κ2) is 3.94. The van der Waals surface area contributed by atoms with E-state index in [1.165, 1.54) is 0 Å². The van der Waals surface area contributed by atoms with Crippen LogP contribution in [0.2, 0.25) is 0 Å². The summed E-state index contributed by atoms with van der Waals surface area (Å²) in [5.41, 5.74) is 2.19. The second-order valence-electron chi connectivity index (χ2n) is 3.11. The summed E-state index contributed by atoms with van der Waals surface area (Å²) in [7, 11) is 1.91. The highest BCUT2D eigenvalue weighted by molar-refractivity contribution is 7.13. The van der Waals surface area contributed by atoms with Crippen molar-refractivity contribution >= 4 is 11.3 Å². The summed E-state index contributed by atoms with van der Waals surface area (Å²) in [4.78, 5) is 4.47. The first kappa shape index (κ1) is 9.43. The molecule has 0 atom stereocenters. The third-order valence-corrected chi connectivity index (χ3v) is 2.86. The summed E-state index contributed by atoms with van der Waals surface area (Å²) in [6.45, 7) is 2.83. The molecule has 0 spiro atoms. The Bertz CT molecular complexity index is 419. The van der Waals surface area contributed by atoms with Crippen molar-refractivity contribution < 1.29 is 4.42 Å². The van der Waals surface area contributed by atoms with E-state index in [2.05, 4.69) is 10.3 Å². The minimum atomic E-state index is 0.802. The van der Waals surface area contributed by atoms with Crippen LogP contribution in [0.3, 0.4) is 0 Å². The Morgan fingerprint density at radius 3 is 3.07 bits per heavy atom. The van der Waals surface area contributed by atoms with Crippen molar-refractivity contribution in [2.24, 2.45) is 0 Å². The minimum absolute atomic E-state index is 0.802. The Morgan fingerprint density at radius 1 is 1.57 bits per heavy atom. The number of aryl methyl sites for hydroxylation is 1. The molecule has 4 heteroatoms. The molecule has 0 saturated carbocycles. The first-order chi connectivity index (χ1) is 6.81. The van der Waals surface area contributed by atoms with Gasteiger partial charge in [-0.25, -0.2) is 4.98 Å². The molecule has 0 amide bonds. The van der Waals surface area contributed by atoms with Crippen LogP contribution in [0.5, 0.6) is 0 Å². The maximum atomic E-state index is 5.37. The molecular formula is C10H12N2OS. The molecule has 0 radical (unpaired) electrons. The molecule has 14 heavy (non-hydrogen) atoms. The van der Waals surface area contributed by atoms with Crippen molar-refractivity contribution in [1.82, 2.24) is 10.3 Å². The van der Waals surface area contributed by atoms with Gasteiger partial charge in [0, 0.05) is 11.9 Å². The van der Waals surface area contributed by atoms with Gasteiger partial charge in [0.05, 0.1) is 12.0 Å². The SMILES string of the molecule is CNCc1csc(-c2occc2C)n1. The molecule has 2 aromatic rings. The lowest BCUT2D eigenvalue weighted by molar-refractivity contribution is 0.580. The quantitative estimate of drug-likeness (QED) is 0.841. The van der Waals surface area contributed by atoms with Gasteiger partial charge in [0.1, 0.15) is 0 Å². The van der Waals surface area contributed by atoms with E-state index in [1.54, 1.807) is 17.6 Å². The van der Waals surface area contributed by atoms with Gasteiger partial charge < -0.3 is 9.73 Å². The highest BCUT2D eigenvalue weighted by Crippen LogP contribution is 2.27. The van der Waals surface area contributed by atoms with E-state index in [9.17, 15) is 0 Å². The van der Waals surface area contributed by atoms with Gasteiger partial charge in [-0.3, -0.25) is 0 Å². The number of thiazole rings is 1. The zero-order valence-electron chi connectivity index (χ0n) is 8.20. The maximum Gasteiger partial charge on any atom is 0.165 e. The zero-order valence-corrected chi connectivity index (χ0v) is 9.02. The number of nitrogens with zero attached hydrogens (tertiary/aromatic N) is 1. The number of nitrogens with one attached hydrogen (secondary N) is 1. The molecule has 2 rings (SSSR count). The lowest BCUT2D eigenvalue weighted by Crippen LogP contribution is -2.04. The molecule has 0 aliphatic rings. The fourth-order valence-corrected chi connectivity index (χ4v) is 2.14. The summed E-state index contributed by atoms with van der Waals surface area (Å²) in [6, 6.07) is 1.95. The average Bonchev–Trinajstić information content (AvgIpc) is 2.74. The third kappa shape index (κ3) is 1.71. The van der Waals surface area contributed by atoms with Gasteiger partial charge in [0.25, 0.3) is 0 Å². The predicted octanol–water partition coefficient (Wildman–Crippen LogP) is 2.43. The van der Waals surface area contributed by atoms with Gasteiger partial charge in [0.2, 0.25) is 0 Å². The van der Waals surface area contributed by atoms with Crippen LogP contribution in [0.1, 0.15) is 11.3 Å². The summed E-state index contributed by atoms with van der Waals surface area (Å²) in [5.74, 6) is 0.886. The smallest absolute Gasteiger partial charge is 0.165 e. The summed E-state index contributed by atoms with van der Waals surface area (Å²) >= 11 is 1.62. The average molecular weight is 208 g/mol. The molecule has 3 nitrogen and oxygen atoms in total. The van der Waals surface area contributed by atoms with Crippen LogP contribution in [-0.4, -0.2) is 12.0 Å². The van der Waals surface area contributed by atoms with Crippen molar-refractivity contribution in [3.8, 4) is 10.8 Å². The van der Waals surface area contributed by atoms with Crippen LogP contribution < -0.4 is 5.32 Å². The second-order valence-corrected chi connectivity index (χ2v) is 3.97. The lowest BCUT2D eigenvalue weighted by Gasteiger charge is -1.92. The van der Waals surface area contributed by atoms with Crippen molar-refractivity contribution in [3.63, 3.8) is 0 Å². The van der Waals surface area contributed by atoms with Crippen LogP contribution in [0.15, 0.2) is 22.1 Å². The van der Waals surface area contributed by atoms with Crippen molar-refractivity contribution in [1.29, 1.82) is 0 Å². The fourth-order valence-electron chi connectivity index (χ4n) is 1.27. The Labute approximate surface area is 86.8 Å². The topological polar surface area (TPSA) is 38.1 Å². The molecule has 0 bridgehead atoms. The van der Waals surface area contributed by atoms with Crippen LogP contribution in [0.4, 0.5) is 0 Å². The number of aromatic nitrogens is 1. The van der Waals surface area contributed by atoms with Gasteiger partial charge in [0.15, 0.2) is 10.8 Å². The first-order valence-corrected chi connectivity index (χ1v) is 5.32. The molecule has 0 fully saturated rings. The Morgan fingerprint density at radius 2 is 2.43 bits per heavy atom. The van der Waals surface area contributed by atoms with Gasteiger partial charge in [-0.05, 0) is 25.6 Å². The number of furan rings is 1. The van der Waals surface area contributed by atoms with Crippen molar-refractivity contribution in [2.75, 3.05) is 7.05 Å². The normalized spacial score (nSPS) is 10.7. The van der Waals surface area contributed by atoms with E-state index < -0.39 is 0 Å². The minimum Gasteiger partial charge on any atom is -0.462 e. The van der Waals surface area contributed by atoms with Crippen molar-refractivity contribution in [2.45, 2.75) is 13.5 Å². The number of rotatable bonds is 3. The highest BCUT2D eigenvalue weighted by Gasteiger charge is 2.09. The van der Waals surface area contributed by atoms with Crippen LogP contribution in [-0.2, 0) is 6.54 Å². The summed E-state index contributed by atoms with van der Waals surface area (Å²) < 4.78 is 5.37. The van der Waals surface area contributed by atoms with Crippen LogP contribution in [0, 0.1) is 6.92 Å². The standard InChI is InChI=1S/C10H12N2OS/c1-7-3-4-13-9(7)10-12-8(5-11-2)6-14-10/h3-4,6,11H,5H2,1-2H3. The Hall–Kier alpha value is -1.13. The predicted molar refractivity (Wildman–Crippen MR) is 57.3 cm³/mol. The van der Waals surface area contributed by atoms with Gasteiger partial charge in [-0.1, -0.05) is 0 Å². The molecule has 0 unspecified atom stereocenters. The lowest BCUT2D eigenvalue weighted by atomic mass is 10.3. The molecule has 0 saturated heterocycles. The summed E-state index contributed by atoms with van der Waals surface area (Å²) in [5, 5.41) is 6.08. The van der Waals surface area contributed by atoms with E-state index in [0.717, 1.165) is 28.6 Å². The third-order valence-electron chi connectivity index (χ3n) is 1.97. The van der Waals surface area contributed by atoms with E-state index >= 15 is 0 Å². The van der Waals surface area contributed by atoms with Crippen molar-refractivity contribution in [3.05, 3.63) is 29.0 Å². The summed E-state index contributed by atoms with van der Waals surface area (Å²) in [6.07, 6.45) is 1.70. The highest BCUT2D eigenvalue weighted by atomic mass is 32.1. The molecule has 2 heterocycles. The first-order valence-electron chi connectivity index (χ1n) is 4.44.